The van der Waals surface area contributed by atoms with Crippen molar-refractivity contribution in [1.29, 1.82) is 5.26 Å². The molecule has 0 saturated carbocycles. The van der Waals surface area contributed by atoms with Gasteiger partial charge in [-0.1, -0.05) is 5.16 Å². The van der Waals surface area contributed by atoms with Gasteiger partial charge in [0.15, 0.2) is 6.10 Å². The van der Waals surface area contributed by atoms with E-state index in [1.165, 1.54) is 12.1 Å². The first-order chi connectivity index (χ1) is 11.7. The number of hydrogen-bond donors (Lipinski definition) is 0. The van der Waals surface area contributed by atoms with Crippen LogP contribution < -0.4 is 0 Å². The highest BCUT2D eigenvalue weighted by molar-refractivity contribution is 5.89. The van der Waals surface area contributed by atoms with Gasteiger partial charge in [-0.25, -0.2) is 4.79 Å². The predicted octanol–water partition coefficient (Wildman–Crippen LogP) is 2.92. The van der Waals surface area contributed by atoms with Gasteiger partial charge in [0, 0.05) is 18.0 Å². The molecule has 2 heterocycles. The molecule has 0 amide bonds. The predicted molar refractivity (Wildman–Crippen MR) is 82.5 cm³/mol. The Labute approximate surface area is 137 Å². The number of pyridine rings is 1. The van der Waals surface area contributed by atoms with Gasteiger partial charge in [0.05, 0.1) is 17.2 Å². The first kappa shape index (κ1) is 15.4. The van der Waals surface area contributed by atoms with Crippen LogP contribution in [-0.2, 0) is 4.74 Å². The Morgan fingerprint density at radius 3 is 2.75 bits per heavy atom. The Morgan fingerprint density at radius 1 is 1.29 bits per heavy atom. The molecule has 0 aliphatic carbocycles. The maximum absolute atomic E-state index is 12.1. The summed E-state index contributed by atoms with van der Waals surface area (Å²) in [4.78, 5) is 20.3. The molecular weight excluding hydrogens is 308 g/mol. The highest BCUT2D eigenvalue weighted by Crippen LogP contribution is 2.21. The first-order valence-electron chi connectivity index (χ1n) is 7.12. The molecule has 1 aromatic carbocycles. The lowest BCUT2D eigenvalue weighted by atomic mass is 10.1. The molecule has 0 saturated heterocycles. The average molecular weight is 320 g/mol. The fraction of sp³-hybridized carbons (Fsp3) is 0.118. The molecule has 0 N–H and O–H groups in total. The fourth-order valence-electron chi connectivity index (χ4n) is 1.97. The summed E-state index contributed by atoms with van der Waals surface area (Å²) >= 11 is 0. The van der Waals surface area contributed by atoms with Crippen molar-refractivity contribution in [3.8, 4) is 17.5 Å². The van der Waals surface area contributed by atoms with E-state index in [1.54, 1.807) is 43.6 Å². The minimum absolute atomic E-state index is 0.191. The highest BCUT2D eigenvalue weighted by atomic mass is 16.6. The van der Waals surface area contributed by atoms with Crippen molar-refractivity contribution < 1.29 is 14.1 Å². The van der Waals surface area contributed by atoms with Crippen molar-refractivity contribution >= 4 is 5.97 Å². The Kier molecular flexibility index (Phi) is 4.29. The number of hydrogen-bond acceptors (Lipinski definition) is 7. The van der Waals surface area contributed by atoms with Gasteiger partial charge in [-0.2, -0.15) is 10.2 Å². The maximum atomic E-state index is 12.1. The Morgan fingerprint density at radius 2 is 2.08 bits per heavy atom. The van der Waals surface area contributed by atoms with Crippen LogP contribution in [0.5, 0.6) is 0 Å². The lowest BCUT2D eigenvalue weighted by Crippen LogP contribution is -2.09. The minimum atomic E-state index is -0.703. The molecule has 2 aromatic heterocycles. The Bertz CT molecular complexity index is 882. The molecule has 118 valence electrons. The molecule has 0 aliphatic heterocycles. The van der Waals surface area contributed by atoms with Gasteiger partial charge in [-0.15, -0.1) is 0 Å². The van der Waals surface area contributed by atoms with E-state index in [2.05, 4.69) is 15.1 Å². The van der Waals surface area contributed by atoms with Gasteiger partial charge in [0.25, 0.3) is 5.89 Å². The molecule has 24 heavy (non-hydrogen) atoms. The minimum Gasteiger partial charge on any atom is -0.449 e. The summed E-state index contributed by atoms with van der Waals surface area (Å²) in [5.41, 5.74) is 1.52. The number of nitriles is 1. The number of aromatic nitrogens is 3. The van der Waals surface area contributed by atoms with Crippen molar-refractivity contribution in [3.63, 3.8) is 0 Å². The van der Waals surface area contributed by atoms with Crippen LogP contribution in [0.1, 0.15) is 34.8 Å². The topological polar surface area (TPSA) is 102 Å². The molecule has 0 radical (unpaired) electrons. The molecule has 1 atom stereocenters. The van der Waals surface area contributed by atoms with Crippen molar-refractivity contribution in [2.75, 3.05) is 0 Å². The summed E-state index contributed by atoms with van der Waals surface area (Å²) in [7, 11) is 0. The van der Waals surface area contributed by atoms with Gasteiger partial charge in [0.1, 0.15) is 0 Å². The molecule has 0 bridgehead atoms. The number of carbonyl (C=O) groups excluding carboxylic acids is 1. The molecule has 0 aliphatic rings. The lowest BCUT2D eigenvalue weighted by molar-refractivity contribution is 0.0265. The summed E-state index contributed by atoms with van der Waals surface area (Å²) in [5, 5.41) is 12.6. The monoisotopic (exact) mass is 320 g/mol. The van der Waals surface area contributed by atoms with Crippen molar-refractivity contribution in [3.05, 3.63) is 65.8 Å². The zero-order chi connectivity index (χ0) is 16.9. The second-order valence-corrected chi connectivity index (χ2v) is 4.93. The van der Waals surface area contributed by atoms with Gasteiger partial charge in [-0.05, 0) is 43.3 Å². The smallest absolute Gasteiger partial charge is 0.338 e. The molecule has 0 fully saturated rings. The Balaban J connectivity index is 1.70. The van der Waals surface area contributed by atoms with E-state index >= 15 is 0 Å². The van der Waals surface area contributed by atoms with Crippen LogP contribution in [0.4, 0.5) is 0 Å². The number of ether oxygens (including phenoxy) is 1. The van der Waals surface area contributed by atoms with Crippen molar-refractivity contribution in [2.24, 2.45) is 0 Å². The second kappa shape index (κ2) is 6.71. The summed E-state index contributed by atoms with van der Waals surface area (Å²) in [5.74, 6) is 0.0309. The van der Waals surface area contributed by atoms with Gasteiger partial charge in [-0.3, -0.25) is 4.98 Å². The first-order valence-corrected chi connectivity index (χ1v) is 7.12. The van der Waals surface area contributed by atoms with E-state index in [1.807, 2.05) is 6.07 Å². The lowest BCUT2D eigenvalue weighted by Gasteiger charge is -2.08. The molecule has 0 spiro atoms. The van der Waals surface area contributed by atoms with Crippen LogP contribution in [0.2, 0.25) is 0 Å². The standard InChI is InChI=1S/C17H12N4O3/c1-11(23-17(22)13-6-4-12(9-18)5-7-13)16-20-15(21-24-16)14-3-2-8-19-10-14/h2-8,10-11H,1H3/t11-/m0/s1. The van der Waals surface area contributed by atoms with Gasteiger partial charge >= 0.3 is 5.97 Å². The third-order valence-electron chi connectivity index (χ3n) is 3.24. The van der Waals surface area contributed by atoms with Gasteiger partial charge < -0.3 is 9.26 Å². The van der Waals surface area contributed by atoms with E-state index in [4.69, 9.17) is 14.5 Å². The maximum Gasteiger partial charge on any atom is 0.338 e. The van der Waals surface area contributed by atoms with Crippen LogP contribution in [0, 0.1) is 11.3 Å². The summed E-state index contributed by atoms with van der Waals surface area (Å²) in [6.45, 7) is 1.64. The quantitative estimate of drug-likeness (QED) is 0.681. The number of esters is 1. The SMILES string of the molecule is C[C@H](OC(=O)c1ccc(C#N)cc1)c1nc(-c2cccnc2)no1. The fourth-order valence-corrected chi connectivity index (χ4v) is 1.97. The Hall–Kier alpha value is -3.53. The van der Waals surface area contributed by atoms with Crippen LogP contribution in [-0.4, -0.2) is 21.1 Å². The average Bonchev–Trinajstić information content (AvgIpc) is 3.13. The van der Waals surface area contributed by atoms with E-state index in [0.717, 1.165) is 0 Å². The molecule has 3 aromatic rings. The second-order valence-electron chi connectivity index (χ2n) is 4.93. The van der Waals surface area contributed by atoms with Crippen LogP contribution >= 0.6 is 0 Å². The van der Waals surface area contributed by atoms with Crippen molar-refractivity contribution in [2.45, 2.75) is 13.0 Å². The number of nitrogens with zero attached hydrogens (tertiary/aromatic N) is 4. The molecule has 0 unspecified atom stereocenters. The number of rotatable bonds is 4. The van der Waals surface area contributed by atoms with Crippen molar-refractivity contribution in [1.82, 2.24) is 15.1 Å². The van der Waals surface area contributed by atoms with Gasteiger partial charge in [0.2, 0.25) is 5.82 Å². The molecule has 7 nitrogen and oxygen atoms in total. The molecular formula is C17H12N4O3. The van der Waals surface area contributed by atoms with Crippen LogP contribution in [0.15, 0.2) is 53.3 Å². The zero-order valence-corrected chi connectivity index (χ0v) is 12.7. The van der Waals surface area contributed by atoms with E-state index in [0.29, 0.717) is 22.5 Å². The van der Waals surface area contributed by atoms with E-state index < -0.39 is 12.1 Å². The van der Waals surface area contributed by atoms with Crippen LogP contribution in [0.3, 0.4) is 0 Å². The third kappa shape index (κ3) is 3.28. The van der Waals surface area contributed by atoms with Crippen LogP contribution in [0.25, 0.3) is 11.4 Å². The summed E-state index contributed by atoms with van der Waals surface area (Å²) in [6, 6.07) is 11.7. The number of carbonyl (C=O) groups is 1. The number of benzene rings is 1. The largest absolute Gasteiger partial charge is 0.449 e. The normalized spacial score (nSPS) is 11.5. The summed E-state index contributed by atoms with van der Waals surface area (Å²) in [6.07, 6.45) is 2.56. The molecule has 7 heteroatoms. The third-order valence-corrected chi connectivity index (χ3v) is 3.24. The van der Waals surface area contributed by atoms with E-state index in [9.17, 15) is 4.79 Å². The zero-order valence-electron chi connectivity index (χ0n) is 12.7. The molecule has 3 rings (SSSR count). The summed E-state index contributed by atoms with van der Waals surface area (Å²) < 4.78 is 10.5. The van der Waals surface area contributed by atoms with E-state index in [-0.39, 0.29) is 5.89 Å². The highest BCUT2D eigenvalue weighted by Gasteiger charge is 2.20.